The molecule has 0 aromatic rings. The van der Waals surface area contributed by atoms with Crippen LogP contribution in [-0.4, -0.2) is 37.3 Å². The summed E-state index contributed by atoms with van der Waals surface area (Å²) < 4.78 is 32.3. The van der Waals surface area contributed by atoms with Crippen molar-refractivity contribution >= 4 is 11.6 Å². The van der Waals surface area contributed by atoms with Gasteiger partial charge in [0.25, 0.3) is 5.92 Å². The SMILES string of the molecule is N=C(CC1CCCNC1=O)CC1COCCC1(F)F. The number of alkyl halides is 2. The number of piperidine rings is 1. The molecule has 0 saturated carbocycles. The molecule has 2 atom stereocenters. The maximum Gasteiger partial charge on any atom is 0.255 e. The van der Waals surface area contributed by atoms with Gasteiger partial charge in [-0.25, -0.2) is 8.78 Å². The molecule has 0 aromatic heterocycles. The number of carbonyl (C=O) groups excluding carboxylic acids is 1. The molecule has 2 saturated heterocycles. The fourth-order valence-electron chi connectivity index (χ4n) is 2.68. The van der Waals surface area contributed by atoms with E-state index in [4.69, 9.17) is 10.1 Å². The monoisotopic (exact) mass is 274 g/mol. The number of hydrogen-bond donors (Lipinski definition) is 2. The van der Waals surface area contributed by atoms with Crippen molar-refractivity contribution in [3.8, 4) is 0 Å². The van der Waals surface area contributed by atoms with E-state index in [1.165, 1.54) is 0 Å². The van der Waals surface area contributed by atoms with Crippen LogP contribution >= 0.6 is 0 Å². The maximum atomic E-state index is 13.6. The molecule has 4 nitrogen and oxygen atoms in total. The fraction of sp³-hybridized carbons (Fsp3) is 0.846. The molecule has 1 amide bonds. The molecule has 0 aliphatic carbocycles. The van der Waals surface area contributed by atoms with Crippen molar-refractivity contribution in [2.75, 3.05) is 19.8 Å². The first-order chi connectivity index (χ1) is 8.99. The van der Waals surface area contributed by atoms with Crippen molar-refractivity contribution < 1.29 is 18.3 Å². The highest BCUT2D eigenvalue weighted by Gasteiger charge is 2.42. The Morgan fingerprint density at radius 1 is 1.47 bits per heavy atom. The second kappa shape index (κ2) is 5.94. The third-order valence-corrected chi connectivity index (χ3v) is 3.88. The summed E-state index contributed by atoms with van der Waals surface area (Å²) in [5.74, 6) is -3.94. The van der Waals surface area contributed by atoms with Crippen LogP contribution in [0.5, 0.6) is 0 Å². The Hall–Kier alpha value is -1.04. The molecule has 108 valence electrons. The highest BCUT2D eigenvalue weighted by Crippen LogP contribution is 2.35. The third kappa shape index (κ3) is 3.72. The first-order valence-electron chi connectivity index (χ1n) is 6.78. The zero-order chi connectivity index (χ0) is 13.9. The number of carbonyl (C=O) groups is 1. The molecular weight excluding hydrogens is 254 g/mol. The van der Waals surface area contributed by atoms with Gasteiger partial charge in [-0.3, -0.25) is 4.79 Å². The van der Waals surface area contributed by atoms with Crippen LogP contribution in [0.2, 0.25) is 0 Å². The Bertz CT molecular complexity index is 361. The number of hydrogen-bond acceptors (Lipinski definition) is 3. The predicted molar refractivity (Wildman–Crippen MR) is 66.6 cm³/mol. The lowest BCUT2D eigenvalue weighted by molar-refractivity contribution is -0.138. The zero-order valence-corrected chi connectivity index (χ0v) is 10.9. The number of halogens is 2. The average Bonchev–Trinajstić information content (AvgIpc) is 2.35. The molecule has 0 bridgehead atoms. The molecule has 19 heavy (non-hydrogen) atoms. The van der Waals surface area contributed by atoms with Gasteiger partial charge in [0, 0.05) is 24.6 Å². The minimum absolute atomic E-state index is 0.00619. The van der Waals surface area contributed by atoms with Crippen molar-refractivity contribution in [3.63, 3.8) is 0 Å². The molecule has 2 rings (SSSR count). The molecule has 6 heteroatoms. The molecule has 2 unspecified atom stereocenters. The van der Waals surface area contributed by atoms with Gasteiger partial charge in [-0.2, -0.15) is 0 Å². The summed E-state index contributed by atoms with van der Waals surface area (Å²) in [7, 11) is 0. The van der Waals surface area contributed by atoms with Gasteiger partial charge in [0.05, 0.1) is 19.1 Å². The van der Waals surface area contributed by atoms with Crippen LogP contribution in [0.4, 0.5) is 8.78 Å². The summed E-state index contributed by atoms with van der Waals surface area (Å²) in [6.45, 7) is 0.769. The minimum Gasteiger partial charge on any atom is -0.381 e. The summed E-state index contributed by atoms with van der Waals surface area (Å²) in [6.07, 6.45) is 1.68. The second-order valence-electron chi connectivity index (χ2n) is 5.42. The van der Waals surface area contributed by atoms with Crippen LogP contribution in [0, 0.1) is 17.2 Å². The van der Waals surface area contributed by atoms with Gasteiger partial charge in [0.1, 0.15) is 0 Å². The first-order valence-corrected chi connectivity index (χ1v) is 6.78. The standard InChI is InChI=1S/C13H20F2N2O2/c14-13(15)3-5-19-8-10(13)7-11(16)6-9-2-1-4-17-12(9)18/h9-10,16H,1-8H2,(H,17,18). The van der Waals surface area contributed by atoms with Crippen LogP contribution in [0.1, 0.15) is 32.1 Å². The lowest BCUT2D eigenvalue weighted by atomic mass is 9.86. The normalized spacial score (nSPS) is 30.7. The lowest BCUT2D eigenvalue weighted by Crippen LogP contribution is -2.40. The second-order valence-corrected chi connectivity index (χ2v) is 5.42. The van der Waals surface area contributed by atoms with Gasteiger partial charge in [-0.15, -0.1) is 0 Å². The maximum absolute atomic E-state index is 13.6. The average molecular weight is 274 g/mol. The topological polar surface area (TPSA) is 62.2 Å². The molecule has 2 aliphatic rings. The molecule has 2 heterocycles. The Labute approximate surface area is 111 Å². The lowest BCUT2D eigenvalue weighted by Gasteiger charge is -2.32. The Balaban J connectivity index is 1.85. The number of ether oxygens (including phenoxy) is 1. The van der Waals surface area contributed by atoms with Crippen molar-refractivity contribution in [2.45, 2.75) is 38.0 Å². The van der Waals surface area contributed by atoms with Gasteiger partial charge in [-0.1, -0.05) is 0 Å². The van der Waals surface area contributed by atoms with E-state index in [1.807, 2.05) is 0 Å². The van der Waals surface area contributed by atoms with Crippen molar-refractivity contribution in [1.29, 1.82) is 5.41 Å². The summed E-state index contributed by atoms with van der Waals surface area (Å²) in [5, 5.41) is 10.6. The minimum atomic E-state index is -2.75. The smallest absolute Gasteiger partial charge is 0.255 e. The first kappa shape index (κ1) is 14.4. The zero-order valence-electron chi connectivity index (χ0n) is 10.9. The third-order valence-electron chi connectivity index (χ3n) is 3.88. The van der Waals surface area contributed by atoms with Crippen molar-refractivity contribution in [2.24, 2.45) is 11.8 Å². The van der Waals surface area contributed by atoms with E-state index in [1.54, 1.807) is 0 Å². The molecule has 2 fully saturated rings. The van der Waals surface area contributed by atoms with Crippen LogP contribution in [0.15, 0.2) is 0 Å². The quantitative estimate of drug-likeness (QED) is 0.770. The Kier molecular flexibility index (Phi) is 4.50. The van der Waals surface area contributed by atoms with Crippen molar-refractivity contribution in [1.82, 2.24) is 5.32 Å². The van der Waals surface area contributed by atoms with Gasteiger partial charge in [0.15, 0.2) is 0 Å². The van der Waals surface area contributed by atoms with E-state index in [-0.39, 0.29) is 43.6 Å². The van der Waals surface area contributed by atoms with E-state index in [9.17, 15) is 13.6 Å². The Morgan fingerprint density at radius 2 is 2.26 bits per heavy atom. The van der Waals surface area contributed by atoms with E-state index in [0.717, 1.165) is 12.8 Å². The van der Waals surface area contributed by atoms with E-state index in [2.05, 4.69) is 5.32 Å². The molecule has 0 radical (unpaired) electrons. The van der Waals surface area contributed by atoms with Gasteiger partial charge >= 0.3 is 0 Å². The molecule has 0 aromatic carbocycles. The van der Waals surface area contributed by atoms with Crippen LogP contribution in [-0.2, 0) is 9.53 Å². The Morgan fingerprint density at radius 3 is 2.95 bits per heavy atom. The number of amides is 1. The van der Waals surface area contributed by atoms with E-state index in [0.29, 0.717) is 13.0 Å². The van der Waals surface area contributed by atoms with Crippen molar-refractivity contribution in [3.05, 3.63) is 0 Å². The molecule has 2 N–H and O–H groups in total. The molecular formula is C13H20F2N2O2. The summed E-state index contributed by atoms with van der Waals surface area (Å²) in [4.78, 5) is 11.6. The van der Waals surface area contributed by atoms with Gasteiger partial charge in [-0.05, 0) is 25.7 Å². The molecule has 0 spiro atoms. The van der Waals surface area contributed by atoms with Gasteiger partial charge < -0.3 is 15.5 Å². The highest BCUT2D eigenvalue weighted by molar-refractivity contribution is 5.88. The fourth-order valence-corrected chi connectivity index (χ4v) is 2.68. The number of rotatable bonds is 4. The summed E-state index contributed by atoms with van der Waals surface area (Å²) in [6, 6.07) is 0. The largest absolute Gasteiger partial charge is 0.381 e. The number of nitrogens with one attached hydrogen (secondary N) is 2. The summed E-state index contributed by atoms with van der Waals surface area (Å²) >= 11 is 0. The van der Waals surface area contributed by atoms with Gasteiger partial charge in [0.2, 0.25) is 5.91 Å². The molecule has 2 aliphatic heterocycles. The van der Waals surface area contributed by atoms with E-state index >= 15 is 0 Å². The van der Waals surface area contributed by atoms with E-state index < -0.39 is 11.8 Å². The predicted octanol–water partition coefficient (Wildman–Crippen LogP) is 1.98. The van der Waals surface area contributed by atoms with Crippen LogP contribution in [0.3, 0.4) is 0 Å². The van der Waals surface area contributed by atoms with Crippen LogP contribution < -0.4 is 5.32 Å². The van der Waals surface area contributed by atoms with Crippen LogP contribution in [0.25, 0.3) is 0 Å². The summed E-state index contributed by atoms with van der Waals surface area (Å²) in [5.41, 5.74) is 0.234. The highest BCUT2D eigenvalue weighted by atomic mass is 19.3.